The third-order valence-electron chi connectivity index (χ3n) is 0.867. The van der Waals surface area contributed by atoms with Gasteiger partial charge < -0.3 is 5.73 Å². The summed E-state index contributed by atoms with van der Waals surface area (Å²) in [5.41, 5.74) is 5.95. The van der Waals surface area contributed by atoms with E-state index in [1.165, 1.54) is 6.08 Å². The molecule has 54 valence electrons. The summed E-state index contributed by atoms with van der Waals surface area (Å²) in [6.45, 7) is 6.94. The molecule has 0 amide bonds. The molecule has 0 atom stereocenters. The Morgan fingerprint density at radius 1 is 1.40 bits per heavy atom. The fraction of sp³-hybridized carbons (Fsp3) is 0. The summed E-state index contributed by atoms with van der Waals surface area (Å²) in [6, 6.07) is 0. The highest BCUT2D eigenvalue weighted by Crippen LogP contribution is 2.06. The third kappa shape index (κ3) is 3.15. The average molecular weight is 156 g/mol. The molecular weight excluding hydrogens is 146 g/mol. The van der Waals surface area contributed by atoms with Gasteiger partial charge >= 0.3 is 0 Å². The lowest BCUT2D eigenvalue weighted by Gasteiger charge is -1.91. The van der Waals surface area contributed by atoms with Gasteiger partial charge in [-0.05, 0) is 12.2 Å². The van der Waals surface area contributed by atoms with Gasteiger partial charge in [0.1, 0.15) is 0 Å². The number of nitrogens with two attached hydrogens (primary N) is 1. The Morgan fingerprint density at radius 2 is 2.00 bits per heavy atom. The number of hydrogen-bond acceptors (Lipinski definition) is 1. The standard InChI is InChI=1S/C8H10ClN/c1-3-5-6-8(10)7(9)4-2/h3-6H,1-2,10H2/b6-5-,8-7-. The van der Waals surface area contributed by atoms with E-state index in [9.17, 15) is 0 Å². The molecule has 0 fully saturated rings. The average Bonchev–Trinajstić information content (AvgIpc) is 1.98. The van der Waals surface area contributed by atoms with E-state index in [1.807, 2.05) is 0 Å². The van der Waals surface area contributed by atoms with E-state index in [0.29, 0.717) is 10.7 Å². The van der Waals surface area contributed by atoms with Crippen molar-refractivity contribution in [2.24, 2.45) is 5.73 Å². The molecule has 2 heteroatoms. The van der Waals surface area contributed by atoms with E-state index in [1.54, 1.807) is 18.2 Å². The Labute approximate surface area is 66.2 Å². The first-order valence-corrected chi connectivity index (χ1v) is 3.17. The number of rotatable bonds is 3. The smallest absolute Gasteiger partial charge is 0.0629 e. The molecule has 1 nitrogen and oxygen atoms in total. The summed E-state index contributed by atoms with van der Waals surface area (Å²) in [5.74, 6) is 0. The Hall–Kier alpha value is -0.950. The molecule has 0 unspecified atom stereocenters. The van der Waals surface area contributed by atoms with Crippen LogP contribution >= 0.6 is 11.6 Å². The minimum absolute atomic E-state index is 0.457. The lowest BCUT2D eigenvalue weighted by atomic mass is 10.3. The highest BCUT2D eigenvalue weighted by Gasteiger charge is 1.87. The highest BCUT2D eigenvalue weighted by molar-refractivity contribution is 6.31. The fourth-order valence-electron chi connectivity index (χ4n) is 0.369. The summed E-state index contributed by atoms with van der Waals surface area (Å²) < 4.78 is 0. The van der Waals surface area contributed by atoms with Gasteiger partial charge in [-0.25, -0.2) is 0 Å². The van der Waals surface area contributed by atoms with E-state index >= 15 is 0 Å². The van der Waals surface area contributed by atoms with Crippen LogP contribution in [0.3, 0.4) is 0 Å². The van der Waals surface area contributed by atoms with Crippen molar-refractivity contribution < 1.29 is 0 Å². The maximum absolute atomic E-state index is 5.60. The summed E-state index contributed by atoms with van der Waals surface area (Å²) in [5, 5.41) is 0.457. The molecule has 0 aliphatic heterocycles. The molecule has 0 saturated carbocycles. The second kappa shape index (κ2) is 4.89. The van der Waals surface area contributed by atoms with Crippen molar-refractivity contribution in [2.75, 3.05) is 0 Å². The Balaban J connectivity index is 4.31. The van der Waals surface area contributed by atoms with Crippen molar-refractivity contribution in [2.45, 2.75) is 0 Å². The zero-order valence-electron chi connectivity index (χ0n) is 5.68. The first-order valence-electron chi connectivity index (χ1n) is 2.79. The number of hydrogen-bond donors (Lipinski definition) is 1. The zero-order valence-corrected chi connectivity index (χ0v) is 6.43. The van der Waals surface area contributed by atoms with Crippen LogP contribution in [0.15, 0.2) is 48.2 Å². The second-order valence-corrected chi connectivity index (χ2v) is 2.01. The van der Waals surface area contributed by atoms with E-state index < -0.39 is 0 Å². The van der Waals surface area contributed by atoms with Gasteiger partial charge in [0.25, 0.3) is 0 Å². The molecule has 0 rings (SSSR count). The largest absolute Gasteiger partial charge is 0.398 e. The lowest BCUT2D eigenvalue weighted by molar-refractivity contribution is 1.41. The van der Waals surface area contributed by atoms with Crippen molar-refractivity contribution in [1.29, 1.82) is 0 Å². The van der Waals surface area contributed by atoms with Crippen molar-refractivity contribution in [1.82, 2.24) is 0 Å². The van der Waals surface area contributed by atoms with Crippen molar-refractivity contribution in [3.05, 3.63) is 48.2 Å². The zero-order chi connectivity index (χ0) is 7.98. The number of allylic oxidation sites excluding steroid dienone is 5. The van der Waals surface area contributed by atoms with Gasteiger partial charge in [-0.15, -0.1) is 0 Å². The first kappa shape index (κ1) is 9.05. The molecule has 0 aromatic heterocycles. The molecule has 0 aromatic carbocycles. The van der Waals surface area contributed by atoms with Crippen LogP contribution in [0.4, 0.5) is 0 Å². The lowest BCUT2D eigenvalue weighted by Crippen LogP contribution is -1.93. The third-order valence-corrected chi connectivity index (χ3v) is 1.24. The van der Waals surface area contributed by atoms with Gasteiger partial charge in [-0.1, -0.05) is 36.9 Å². The Bertz CT molecular complexity index is 189. The van der Waals surface area contributed by atoms with E-state index in [-0.39, 0.29) is 0 Å². The van der Waals surface area contributed by atoms with Gasteiger partial charge in [0.2, 0.25) is 0 Å². The Morgan fingerprint density at radius 3 is 2.40 bits per heavy atom. The normalized spacial score (nSPS) is 12.9. The predicted molar refractivity (Wildman–Crippen MR) is 46.6 cm³/mol. The highest BCUT2D eigenvalue weighted by atomic mass is 35.5. The van der Waals surface area contributed by atoms with E-state index in [0.717, 1.165) is 0 Å². The van der Waals surface area contributed by atoms with Crippen LogP contribution in [-0.4, -0.2) is 0 Å². The van der Waals surface area contributed by atoms with E-state index in [2.05, 4.69) is 13.2 Å². The van der Waals surface area contributed by atoms with Crippen molar-refractivity contribution in [3.63, 3.8) is 0 Å². The molecule has 0 radical (unpaired) electrons. The van der Waals surface area contributed by atoms with Crippen molar-refractivity contribution >= 4 is 11.6 Å². The molecule has 0 bridgehead atoms. The van der Waals surface area contributed by atoms with Crippen LogP contribution in [0.5, 0.6) is 0 Å². The molecule has 0 aliphatic carbocycles. The van der Waals surface area contributed by atoms with E-state index in [4.69, 9.17) is 17.3 Å². The van der Waals surface area contributed by atoms with Gasteiger partial charge in [0.15, 0.2) is 0 Å². The first-order chi connectivity index (χ1) is 4.72. The molecule has 0 aromatic rings. The summed E-state index contributed by atoms with van der Waals surface area (Å²) in [4.78, 5) is 0. The number of halogens is 1. The monoisotopic (exact) mass is 155 g/mol. The van der Waals surface area contributed by atoms with Crippen LogP contribution in [0.2, 0.25) is 0 Å². The molecule has 0 spiro atoms. The minimum Gasteiger partial charge on any atom is -0.398 e. The van der Waals surface area contributed by atoms with Crippen LogP contribution in [0.25, 0.3) is 0 Å². The Kier molecular flexibility index (Phi) is 4.42. The molecule has 0 heterocycles. The minimum atomic E-state index is 0.457. The molecule has 2 N–H and O–H groups in total. The molecular formula is C8H10ClN. The molecule has 0 aliphatic rings. The van der Waals surface area contributed by atoms with Gasteiger partial charge in [-0.3, -0.25) is 0 Å². The summed E-state index contributed by atoms with van der Waals surface area (Å²) in [7, 11) is 0. The molecule has 0 saturated heterocycles. The van der Waals surface area contributed by atoms with Crippen LogP contribution < -0.4 is 5.73 Å². The van der Waals surface area contributed by atoms with Crippen LogP contribution in [0.1, 0.15) is 0 Å². The maximum Gasteiger partial charge on any atom is 0.0629 e. The van der Waals surface area contributed by atoms with Gasteiger partial charge in [0, 0.05) is 0 Å². The molecule has 10 heavy (non-hydrogen) atoms. The second-order valence-electron chi connectivity index (χ2n) is 1.60. The van der Waals surface area contributed by atoms with Gasteiger partial charge in [0.05, 0.1) is 10.7 Å². The quantitative estimate of drug-likeness (QED) is 0.622. The SMILES string of the molecule is C=C/C=C\C(N)=C(\Cl)C=C. The van der Waals surface area contributed by atoms with Crippen LogP contribution in [0, 0.1) is 0 Å². The van der Waals surface area contributed by atoms with Crippen LogP contribution in [-0.2, 0) is 0 Å². The summed E-state index contributed by atoms with van der Waals surface area (Å²) in [6.07, 6.45) is 6.49. The van der Waals surface area contributed by atoms with Gasteiger partial charge in [-0.2, -0.15) is 0 Å². The fourth-order valence-corrected chi connectivity index (χ4v) is 0.432. The van der Waals surface area contributed by atoms with Crippen molar-refractivity contribution in [3.8, 4) is 0 Å². The predicted octanol–water partition coefficient (Wildman–Crippen LogP) is 2.32. The summed E-state index contributed by atoms with van der Waals surface area (Å²) >= 11 is 5.60. The topological polar surface area (TPSA) is 26.0 Å². The maximum atomic E-state index is 5.60.